The molecule has 2 heterocycles. The van der Waals surface area contributed by atoms with E-state index in [2.05, 4.69) is 10.6 Å². The van der Waals surface area contributed by atoms with Crippen molar-refractivity contribution in [3.8, 4) is 0 Å². The summed E-state index contributed by atoms with van der Waals surface area (Å²) in [5, 5.41) is 5.56. The lowest BCUT2D eigenvalue weighted by Gasteiger charge is -2.29. The smallest absolute Gasteiger partial charge is 0.255 e. The van der Waals surface area contributed by atoms with Crippen LogP contribution in [0.3, 0.4) is 0 Å². The van der Waals surface area contributed by atoms with E-state index >= 15 is 0 Å². The predicted molar refractivity (Wildman–Crippen MR) is 94.0 cm³/mol. The van der Waals surface area contributed by atoms with Crippen LogP contribution in [0.2, 0.25) is 0 Å². The van der Waals surface area contributed by atoms with Gasteiger partial charge >= 0.3 is 0 Å². The van der Waals surface area contributed by atoms with Gasteiger partial charge in [-0.25, -0.2) is 0 Å². The highest BCUT2D eigenvalue weighted by Crippen LogP contribution is 2.28. The van der Waals surface area contributed by atoms with Crippen LogP contribution in [0.5, 0.6) is 0 Å². The highest BCUT2D eigenvalue weighted by molar-refractivity contribution is 6.05. The minimum atomic E-state index is -0.582. The van der Waals surface area contributed by atoms with Crippen molar-refractivity contribution in [2.24, 2.45) is 5.73 Å². The molecule has 2 aliphatic heterocycles. The van der Waals surface area contributed by atoms with Gasteiger partial charge in [-0.15, -0.1) is 0 Å². The summed E-state index contributed by atoms with van der Waals surface area (Å²) >= 11 is 0. The number of hydrogen-bond acceptors (Lipinski definition) is 6. The van der Waals surface area contributed by atoms with E-state index in [0.29, 0.717) is 38.2 Å². The lowest BCUT2D eigenvalue weighted by molar-refractivity contribution is -0.136. The molecule has 0 spiro atoms. The molecule has 8 nitrogen and oxygen atoms in total. The summed E-state index contributed by atoms with van der Waals surface area (Å²) in [4.78, 5) is 37.7. The number of rotatable bonds is 7. The quantitative estimate of drug-likeness (QED) is 0.566. The minimum absolute atomic E-state index is 0.0842. The number of carbonyl (C=O) groups is 3. The second-order valence-electron chi connectivity index (χ2n) is 6.74. The molecule has 26 heavy (non-hydrogen) atoms. The van der Waals surface area contributed by atoms with Gasteiger partial charge in [-0.3, -0.25) is 19.7 Å². The third kappa shape index (κ3) is 3.92. The molecule has 2 aliphatic rings. The Morgan fingerprint density at radius 2 is 2.19 bits per heavy atom. The Morgan fingerprint density at radius 1 is 1.38 bits per heavy atom. The van der Waals surface area contributed by atoms with Crippen LogP contribution in [-0.4, -0.2) is 55.0 Å². The summed E-state index contributed by atoms with van der Waals surface area (Å²) in [5.74, 6) is -0.834. The van der Waals surface area contributed by atoms with Gasteiger partial charge in [0.1, 0.15) is 6.04 Å². The van der Waals surface area contributed by atoms with Crippen LogP contribution in [0.25, 0.3) is 0 Å². The number of imide groups is 1. The number of nitrogens with one attached hydrogen (secondary N) is 2. The number of methoxy groups -OCH3 is 1. The number of hydrogen-bond donors (Lipinski definition) is 3. The molecule has 0 bridgehead atoms. The highest BCUT2D eigenvalue weighted by Gasteiger charge is 2.38. The van der Waals surface area contributed by atoms with Crippen molar-refractivity contribution >= 4 is 17.7 Å². The van der Waals surface area contributed by atoms with Gasteiger partial charge in [-0.1, -0.05) is 12.1 Å². The van der Waals surface area contributed by atoms with Crippen LogP contribution in [-0.2, 0) is 27.4 Å². The van der Waals surface area contributed by atoms with Crippen LogP contribution >= 0.6 is 0 Å². The maximum Gasteiger partial charge on any atom is 0.255 e. The molecule has 1 fully saturated rings. The van der Waals surface area contributed by atoms with Crippen LogP contribution in [0.4, 0.5) is 0 Å². The van der Waals surface area contributed by atoms with E-state index < -0.39 is 11.9 Å². The monoisotopic (exact) mass is 360 g/mol. The second kappa shape index (κ2) is 7.94. The van der Waals surface area contributed by atoms with Crippen molar-refractivity contribution in [2.75, 3.05) is 20.3 Å². The summed E-state index contributed by atoms with van der Waals surface area (Å²) in [6, 6.07) is 5.08. The molecule has 1 aromatic rings. The molecule has 1 saturated heterocycles. The van der Waals surface area contributed by atoms with Gasteiger partial charge in [0, 0.05) is 44.8 Å². The fraction of sp³-hybridized carbons (Fsp3) is 0.500. The van der Waals surface area contributed by atoms with Gasteiger partial charge in [0.25, 0.3) is 5.91 Å². The van der Waals surface area contributed by atoms with E-state index in [9.17, 15) is 14.4 Å². The van der Waals surface area contributed by atoms with Gasteiger partial charge in [0.05, 0.1) is 6.61 Å². The van der Waals surface area contributed by atoms with Crippen LogP contribution in [0.15, 0.2) is 18.2 Å². The van der Waals surface area contributed by atoms with E-state index in [-0.39, 0.29) is 24.3 Å². The normalized spacial score (nSPS) is 20.9. The molecule has 0 saturated carbocycles. The molecule has 0 aromatic heterocycles. The van der Waals surface area contributed by atoms with Crippen molar-refractivity contribution in [1.29, 1.82) is 0 Å². The van der Waals surface area contributed by atoms with Gasteiger partial charge < -0.3 is 20.7 Å². The summed E-state index contributed by atoms with van der Waals surface area (Å²) in [6.07, 6.45) is 0.629. The van der Waals surface area contributed by atoms with E-state index in [1.807, 2.05) is 18.2 Å². The molecule has 0 radical (unpaired) electrons. The number of benzene rings is 1. The number of amides is 3. The van der Waals surface area contributed by atoms with Crippen molar-refractivity contribution < 1.29 is 19.1 Å². The number of carbonyl (C=O) groups excluding carboxylic acids is 3. The molecule has 140 valence electrons. The molecular formula is C18H24N4O4. The molecule has 8 heteroatoms. The fourth-order valence-corrected chi connectivity index (χ4v) is 3.39. The Bertz CT molecular complexity index is 721. The molecule has 3 amide bonds. The number of nitrogens with zero attached hydrogens (tertiary/aromatic N) is 1. The Labute approximate surface area is 152 Å². The molecule has 3 rings (SSSR count). The molecule has 2 unspecified atom stereocenters. The van der Waals surface area contributed by atoms with Crippen LogP contribution in [0, 0.1) is 0 Å². The van der Waals surface area contributed by atoms with Crippen molar-refractivity contribution in [1.82, 2.24) is 15.5 Å². The van der Waals surface area contributed by atoms with Crippen LogP contribution in [0.1, 0.15) is 34.3 Å². The van der Waals surface area contributed by atoms with Crippen LogP contribution < -0.4 is 16.4 Å². The topological polar surface area (TPSA) is 114 Å². The number of piperidine rings is 1. The van der Waals surface area contributed by atoms with Crippen molar-refractivity contribution in [2.45, 2.75) is 38.0 Å². The van der Waals surface area contributed by atoms with E-state index in [0.717, 1.165) is 11.1 Å². The first-order valence-corrected chi connectivity index (χ1v) is 8.71. The SMILES string of the molecule is COCC(N)CNCc1ccc2c(c1)C(=O)N(C1CCC(=O)NC1=O)C2. The lowest BCUT2D eigenvalue weighted by atomic mass is 10.0. The average molecular weight is 360 g/mol. The second-order valence-corrected chi connectivity index (χ2v) is 6.74. The molecule has 2 atom stereocenters. The number of ether oxygens (including phenoxy) is 1. The van der Waals surface area contributed by atoms with E-state index in [1.165, 1.54) is 0 Å². The predicted octanol–water partition coefficient (Wildman–Crippen LogP) is -0.489. The standard InChI is InChI=1S/C18H24N4O4/c1-26-10-13(19)8-20-7-11-2-3-12-9-22(18(25)14(12)6-11)15-4-5-16(23)21-17(15)24/h2-3,6,13,15,20H,4-5,7-10,19H2,1H3,(H,21,23,24). The number of nitrogens with two attached hydrogens (primary N) is 1. The first-order valence-electron chi connectivity index (χ1n) is 8.71. The molecule has 4 N–H and O–H groups in total. The van der Waals surface area contributed by atoms with Gasteiger partial charge in [0.2, 0.25) is 11.8 Å². The molecule has 1 aromatic carbocycles. The lowest BCUT2D eigenvalue weighted by Crippen LogP contribution is -2.52. The largest absolute Gasteiger partial charge is 0.383 e. The minimum Gasteiger partial charge on any atom is -0.383 e. The zero-order valence-corrected chi connectivity index (χ0v) is 14.8. The molecule has 0 aliphatic carbocycles. The zero-order valence-electron chi connectivity index (χ0n) is 14.8. The fourth-order valence-electron chi connectivity index (χ4n) is 3.39. The van der Waals surface area contributed by atoms with E-state index in [1.54, 1.807) is 12.0 Å². The zero-order chi connectivity index (χ0) is 18.7. The van der Waals surface area contributed by atoms with Crippen molar-refractivity contribution in [3.05, 3.63) is 34.9 Å². The maximum atomic E-state index is 12.7. The Balaban J connectivity index is 1.63. The van der Waals surface area contributed by atoms with Gasteiger partial charge in [-0.05, 0) is 23.6 Å². The highest BCUT2D eigenvalue weighted by atomic mass is 16.5. The Hall–Kier alpha value is -2.29. The summed E-state index contributed by atoms with van der Waals surface area (Å²) < 4.78 is 5.00. The average Bonchev–Trinajstić information content (AvgIpc) is 2.92. The van der Waals surface area contributed by atoms with Crippen molar-refractivity contribution in [3.63, 3.8) is 0 Å². The first kappa shape index (κ1) is 18.5. The third-order valence-corrected chi connectivity index (χ3v) is 4.71. The van der Waals surface area contributed by atoms with Gasteiger partial charge in [-0.2, -0.15) is 0 Å². The van der Waals surface area contributed by atoms with E-state index in [4.69, 9.17) is 10.5 Å². The first-order chi connectivity index (χ1) is 12.5. The summed E-state index contributed by atoms with van der Waals surface area (Å²) in [5.41, 5.74) is 8.38. The summed E-state index contributed by atoms with van der Waals surface area (Å²) in [6.45, 7) is 2.08. The Kier molecular flexibility index (Phi) is 5.65. The number of fused-ring (bicyclic) bond motifs is 1. The van der Waals surface area contributed by atoms with Gasteiger partial charge in [0.15, 0.2) is 0 Å². The third-order valence-electron chi connectivity index (χ3n) is 4.71. The Morgan fingerprint density at radius 3 is 2.92 bits per heavy atom. The summed E-state index contributed by atoms with van der Waals surface area (Å²) in [7, 11) is 1.61. The maximum absolute atomic E-state index is 12.7. The molecular weight excluding hydrogens is 336 g/mol.